The van der Waals surface area contributed by atoms with Gasteiger partial charge >= 0.3 is 6.03 Å². The van der Waals surface area contributed by atoms with Gasteiger partial charge in [-0.2, -0.15) is 0 Å². The molecular weight excluding hydrogens is 397 g/mol. The summed E-state index contributed by atoms with van der Waals surface area (Å²) >= 11 is 0. The fourth-order valence-corrected chi connectivity index (χ4v) is 3.41. The fourth-order valence-electron chi connectivity index (χ4n) is 3.41. The summed E-state index contributed by atoms with van der Waals surface area (Å²) in [6.45, 7) is 1.28. The summed E-state index contributed by atoms with van der Waals surface area (Å²) in [5, 5.41) is 5.48. The first kappa shape index (κ1) is 20.6. The summed E-state index contributed by atoms with van der Waals surface area (Å²) < 4.78 is 18.9. The maximum Gasteiger partial charge on any atom is 0.323 e. The number of carbonyl (C=O) groups excluding carboxylic acids is 2. The van der Waals surface area contributed by atoms with E-state index in [2.05, 4.69) is 10.6 Å². The van der Waals surface area contributed by atoms with Gasteiger partial charge in [0.15, 0.2) is 0 Å². The number of hydrogen-bond donors (Lipinski definition) is 2. The Morgan fingerprint density at radius 3 is 2.19 bits per heavy atom. The van der Waals surface area contributed by atoms with Crippen LogP contribution in [0.3, 0.4) is 0 Å². The minimum atomic E-state index is -0.361. The van der Waals surface area contributed by atoms with Crippen molar-refractivity contribution in [2.75, 3.05) is 30.3 Å². The number of benzene rings is 3. The first-order valence-corrected chi connectivity index (χ1v) is 9.98. The number of hydrogen-bond acceptors (Lipinski definition) is 3. The van der Waals surface area contributed by atoms with Gasteiger partial charge in [0.1, 0.15) is 11.9 Å². The molecule has 31 heavy (non-hydrogen) atoms. The van der Waals surface area contributed by atoms with Gasteiger partial charge in [0, 0.05) is 23.5 Å². The topological polar surface area (TPSA) is 70.7 Å². The molecule has 2 N–H and O–H groups in total. The van der Waals surface area contributed by atoms with Crippen molar-refractivity contribution in [3.05, 3.63) is 95.8 Å². The molecule has 0 spiro atoms. The zero-order chi connectivity index (χ0) is 21.6. The molecule has 0 bridgehead atoms. The molecule has 1 atom stereocenters. The van der Waals surface area contributed by atoms with Crippen LogP contribution in [0.2, 0.25) is 0 Å². The predicted molar refractivity (Wildman–Crippen MR) is 117 cm³/mol. The van der Waals surface area contributed by atoms with Crippen molar-refractivity contribution in [3.63, 3.8) is 0 Å². The van der Waals surface area contributed by atoms with E-state index in [0.29, 0.717) is 36.6 Å². The summed E-state index contributed by atoms with van der Waals surface area (Å²) in [4.78, 5) is 26.7. The van der Waals surface area contributed by atoms with Crippen LogP contribution in [0.4, 0.5) is 20.6 Å². The van der Waals surface area contributed by atoms with Crippen LogP contribution in [0.15, 0.2) is 78.9 Å². The molecule has 6 nitrogen and oxygen atoms in total. The average Bonchev–Trinajstić information content (AvgIpc) is 2.80. The number of carbonyl (C=O) groups is 2. The Bertz CT molecular complexity index is 1040. The van der Waals surface area contributed by atoms with E-state index in [1.807, 2.05) is 18.2 Å². The molecule has 3 aromatic carbocycles. The van der Waals surface area contributed by atoms with Gasteiger partial charge in [-0.25, -0.2) is 9.18 Å². The molecule has 4 rings (SSSR count). The smallest absolute Gasteiger partial charge is 0.323 e. The molecule has 158 valence electrons. The van der Waals surface area contributed by atoms with Crippen molar-refractivity contribution < 1.29 is 18.7 Å². The average molecular weight is 419 g/mol. The van der Waals surface area contributed by atoms with Gasteiger partial charge in [0.05, 0.1) is 13.2 Å². The summed E-state index contributed by atoms with van der Waals surface area (Å²) in [5.74, 6) is -0.422. The maximum atomic E-state index is 13.2. The van der Waals surface area contributed by atoms with Crippen molar-refractivity contribution in [1.82, 2.24) is 4.90 Å². The van der Waals surface area contributed by atoms with Crippen molar-refractivity contribution >= 4 is 23.3 Å². The van der Waals surface area contributed by atoms with Gasteiger partial charge in [-0.3, -0.25) is 4.79 Å². The monoisotopic (exact) mass is 419 g/mol. The van der Waals surface area contributed by atoms with E-state index >= 15 is 0 Å². The Balaban J connectivity index is 1.36. The highest BCUT2D eigenvalue weighted by atomic mass is 19.1. The van der Waals surface area contributed by atoms with Crippen molar-refractivity contribution in [2.45, 2.75) is 6.10 Å². The normalized spacial score (nSPS) is 15.9. The van der Waals surface area contributed by atoms with Gasteiger partial charge in [-0.15, -0.1) is 0 Å². The van der Waals surface area contributed by atoms with Crippen molar-refractivity contribution in [2.24, 2.45) is 0 Å². The molecule has 0 radical (unpaired) electrons. The van der Waals surface area contributed by atoms with Crippen LogP contribution in [0.5, 0.6) is 0 Å². The number of ether oxygens (including phenoxy) is 1. The van der Waals surface area contributed by atoms with E-state index in [4.69, 9.17) is 4.74 Å². The number of rotatable bonds is 4. The molecule has 0 aromatic heterocycles. The molecule has 0 aliphatic carbocycles. The second-order valence-electron chi connectivity index (χ2n) is 7.18. The first-order valence-electron chi connectivity index (χ1n) is 9.98. The lowest BCUT2D eigenvalue weighted by molar-refractivity contribution is -0.0228. The fraction of sp³-hybridized carbons (Fsp3) is 0.167. The molecule has 1 unspecified atom stereocenters. The summed E-state index contributed by atoms with van der Waals surface area (Å²) in [6.07, 6.45) is -0.291. The third-order valence-corrected chi connectivity index (χ3v) is 5.02. The summed E-state index contributed by atoms with van der Waals surface area (Å²) in [7, 11) is 0. The van der Waals surface area contributed by atoms with Gasteiger partial charge in [-0.1, -0.05) is 30.3 Å². The van der Waals surface area contributed by atoms with Gasteiger partial charge in [0.2, 0.25) is 0 Å². The lowest BCUT2D eigenvalue weighted by Crippen LogP contribution is -2.42. The first-order chi connectivity index (χ1) is 15.1. The van der Waals surface area contributed by atoms with E-state index in [1.165, 1.54) is 12.1 Å². The third kappa shape index (κ3) is 5.26. The van der Waals surface area contributed by atoms with E-state index in [-0.39, 0.29) is 23.9 Å². The molecular formula is C24H22FN3O3. The van der Waals surface area contributed by atoms with E-state index in [9.17, 15) is 14.0 Å². The van der Waals surface area contributed by atoms with Crippen LogP contribution < -0.4 is 10.6 Å². The van der Waals surface area contributed by atoms with Crippen LogP contribution in [-0.4, -0.2) is 36.5 Å². The number of urea groups is 1. The molecule has 1 fully saturated rings. The molecule has 3 aromatic rings. The van der Waals surface area contributed by atoms with Crippen molar-refractivity contribution in [1.29, 1.82) is 0 Å². The van der Waals surface area contributed by atoms with Crippen LogP contribution in [0.1, 0.15) is 22.0 Å². The maximum absolute atomic E-state index is 13.2. The Labute approximate surface area is 179 Å². The molecule has 1 aliphatic rings. The molecule has 7 heteroatoms. The highest BCUT2D eigenvalue weighted by molar-refractivity contribution is 6.00. The summed E-state index contributed by atoms with van der Waals surface area (Å²) in [6, 6.07) is 21.6. The predicted octanol–water partition coefficient (Wildman–Crippen LogP) is 4.68. The highest BCUT2D eigenvalue weighted by Gasteiger charge is 2.26. The SMILES string of the molecule is O=C(Nc1ccccc1)Nc1ccc(C(=O)N2CCOC(c3ccc(F)cc3)C2)cc1. The number of nitrogens with one attached hydrogen (secondary N) is 2. The van der Waals surface area contributed by atoms with Crippen molar-refractivity contribution in [3.8, 4) is 0 Å². The second-order valence-corrected chi connectivity index (χ2v) is 7.18. The standard InChI is InChI=1S/C24H22FN3O3/c25-19-10-6-17(7-11-19)22-16-28(14-15-31-22)23(29)18-8-12-21(13-9-18)27-24(30)26-20-4-2-1-3-5-20/h1-13,22H,14-16H2,(H2,26,27,30). The quantitative estimate of drug-likeness (QED) is 0.645. The molecule has 3 amide bonds. The van der Waals surface area contributed by atoms with Crippen LogP contribution in [0, 0.1) is 5.82 Å². The molecule has 1 aliphatic heterocycles. The third-order valence-electron chi connectivity index (χ3n) is 5.02. The van der Waals surface area contributed by atoms with Gasteiger partial charge in [-0.05, 0) is 54.1 Å². The van der Waals surface area contributed by atoms with Crippen LogP contribution in [-0.2, 0) is 4.74 Å². The number of anilines is 2. The summed E-state index contributed by atoms with van der Waals surface area (Å²) in [5.41, 5.74) is 2.63. The number of para-hydroxylation sites is 1. The molecule has 0 saturated carbocycles. The lowest BCUT2D eigenvalue weighted by Gasteiger charge is -2.33. The number of amides is 3. The van der Waals surface area contributed by atoms with Gasteiger partial charge < -0.3 is 20.3 Å². The minimum Gasteiger partial charge on any atom is -0.370 e. The molecule has 1 saturated heterocycles. The largest absolute Gasteiger partial charge is 0.370 e. The van der Waals surface area contributed by atoms with E-state index in [0.717, 1.165) is 5.56 Å². The highest BCUT2D eigenvalue weighted by Crippen LogP contribution is 2.24. The Hall–Kier alpha value is -3.71. The Kier molecular flexibility index (Phi) is 6.24. The lowest BCUT2D eigenvalue weighted by atomic mass is 10.1. The number of halogens is 1. The number of morpholine rings is 1. The Morgan fingerprint density at radius 2 is 1.52 bits per heavy atom. The van der Waals surface area contributed by atoms with Gasteiger partial charge in [0.25, 0.3) is 5.91 Å². The molecule has 1 heterocycles. The minimum absolute atomic E-state index is 0.115. The van der Waals surface area contributed by atoms with E-state index in [1.54, 1.807) is 53.4 Å². The second kappa shape index (κ2) is 9.40. The van der Waals surface area contributed by atoms with Crippen LogP contribution >= 0.6 is 0 Å². The zero-order valence-electron chi connectivity index (χ0n) is 16.8. The van der Waals surface area contributed by atoms with E-state index < -0.39 is 0 Å². The number of nitrogens with zero attached hydrogens (tertiary/aromatic N) is 1. The van der Waals surface area contributed by atoms with Crippen LogP contribution in [0.25, 0.3) is 0 Å². The Morgan fingerprint density at radius 1 is 0.871 bits per heavy atom. The zero-order valence-corrected chi connectivity index (χ0v) is 16.8.